The van der Waals surface area contributed by atoms with E-state index in [1.165, 1.54) is 19.3 Å². The van der Waals surface area contributed by atoms with Gasteiger partial charge in [0.1, 0.15) is 0 Å². The molecule has 1 fully saturated rings. The second-order valence-corrected chi connectivity index (χ2v) is 3.49. The molecule has 0 saturated heterocycles. The van der Waals surface area contributed by atoms with Gasteiger partial charge in [0.05, 0.1) is 0 Å². The molecule has 1 aliphatic carbocycles. The van der Waals surface area contributed by atoms with Gasteiger partial charge in [0.2, 0.25) is 5.91 Å². The summed E-state index contributed by atoms with van der Waals surface area (Å²) in [4.78, 5) is 10.8. The first-order chi connectivity index (χ1) is 5.74. The molecule has 0 aromatic rings. The standard InChI is InChI=1S/C9H18N2O/c1-7(12)11-9-6-4-3-5-8(9)10-2/h8-10H,3-6H2,1-2H3,(H,11,12)/t8-,9-/m1/s1. The molecule has 0 radical (unpaired) electrons. The van der Waals surface area contributed by atoms with Gasteiger partial charge in [-0.05, 0) is 19.9 Å². The summed E-state index contributed by atoms with van der Waals surface area (Å²) < 4.78 is 0. The highest BCUT2D eigenvalue weighted by molar-refractivity contribution is 5.73. The second kappa shape index (κ2) is 4.45. The molecule has 0 aromatic carbocycles. The Hall–Kier alpha value is -0.570. The zero-order chi connectivity index (χ0) is 8.97. The third kappa shape index (κ3) is 2.48. The van der Waals surface area contributed by atoms with Crippen molar-refractivity contribution in [1.29, 1.82) is 0 Å². The maximum absolute atomic E-state index is 10.8. The Morgan fingerprint density at radius 2 is 1.83 bits per heavy atom. The molecule has 1 aliphatic rings. The van der Waals surface area contributed by atoms with Crippen molar-refractivity contribution in [2.75, 3.05) is 7.05 Å². The summed E-state index contributed by atoms with van der Waals surface area (Å²) in [7, 11) is 1.96. The summed E-state index contributed by atoms with van der Waals surface area (Å²) in [5, 5.41) is 6.23. The maximum Gasteiger partial charge on any atom is 0.217 e. The summed E-state index contributed by atoms with van der Waals surface area (Å²) in [5.74, 6) is 0.0853. The average Bonchev–Trinajstić information content (AvgIpc) is 2.04. The molecule has 0 bridgehead atoms. The van der Waals surface area contributed by atoms with E-state index in [1.54, 1.807) is 6.92 Å². The van der Waals surface area contributed by atoms with Crippen LogP contribution >= 0.6 is 0 Å². The fraction of sp³-hybridized carbons (Fsp3) is 0.889. The molecular formula is C9H18N2O. The highest BCUT2D eigenvalue weighted by atomic mass is 16.1. The SMILES string of the molecule is CN[C@@H]1CCCC[C@H]1NC(C)=O. The number of hydrogen-bond acceptors (Lipinski definition) is 2. The lowest BCUT2D eigenvalue weighted by Gasteiger charge is -2.31. The zero-order valence-electron chi connectivity index (χ0n) is 7.89. The summed E-state index contributed by atoms with van der Waals surface area (Å²) in [6.07, 6.45) is 4.82. The quantitative estimate of drug-likeness (QED) is 0.639. The van der Waals surface area contributed by atoms with Gasteiger partial charge in [0.25, 0.3) is 0 Å². The van der Waals surface area contributed by atoms with E-state index in [2.05, 4.69) is 10.6 Å². The molecule has 2 N–H and O–H groups in total. The molecule has 0 aliphatic heterocycles. The molecule has 1 amide bonds. The Bertz CT molecular complexity index is 159. The largest absolute Gasteiger partial charge is 0.352 e. The summed E-state index contributed by atoms with van der Waals surface area (Å²) in [6, 6.07) is 0.823. The van der Waals surface area contributed by atoms with Crippen LogP contribution in [0.25, 0.3) is 0 Å². The summed E-state index contributed by atoms with van der Waals surface area (Å²) in [6.45, 7) is 1.58. The van der Waals surface area contributed by atoms with E-state index in [4.69, 9.17) is 0 Å². The molecule has 1 saturated carbocycles. The Labute approximate surface area is 73.9 Å². The maximum atomic E-state index is 10.8. The number of likely N-dealkylation sites (N-methyl/N-ethyl adjacent to an activating group) is 1. The van der Waals surface area contributed by atoms with Crippen molar-refractivity contribution >= 4 is 5.91 Å². The van der Waals surface area contributed by atoms with E-state index in [0.29, 0.717) is 12.1 Å². The minimum atomic E-state index is 0.0853. The van der Waals surface area contributed by atoms with E-state index in [9.17, 15) is 4.79 Å². The van der Waals surface area contributed by atoms with Crippen LogP contribution in [0.2, 0.25) is 0 Å². The van der Waals surface area contributed by atoms with E-state index in [-0.39, 0.29) is 5.91 Å². The second-order valence-electron chi connectivity index (χ2n) is 3.49. The van der Waals surface area contributed by atoms with Crippen molar-refractivity contribution in [2.45, 2.75) is 44.7 Å². The number of carbonyl (C=O) groups excluding carboxylic acids is 1. The van der Waals surface area contributed by atoms with Crippen molar-refractivity contribution in [2.24, 2.45) is 0 Å². The van der Waals surface area contributed by atoms with Gasteiger partial charge in [0, 0.05) is 19.0 Å². The number of amides is 1. The highest BCUT2D eigenvalue weighted by Crippen LogP contribution is 2.17. The van der Waals surface area contributed by atoms with Gasteiger partial charge < -0.3 is 10.6 Å². The monoisotopic (exact) mass is 170 g/mol. The average molecular weight is 170 g/mol. The third-order valence-electron chi connectivity index (χ3n) is 2.53. The zero-order valence-corrected chi connectivity index (χ0v) is 7.89. The molecule has 2 atom stereocenters. The van der Waals surface area contributed by atoms with Gasteiger partial charge in [-0.2, -0.15) is 0 Å². The van der Waals surface area contributed by atoms with Crippen molar-refractivity contribution in [3.05, 3.63) is 0 Å². The molecule has 0 spiro atoms. The van der Waals surface area contributed by atoms with Crippen LogP contribution < -0.4 is 10.6 Å². The molecule has 1 rings (SSSR count). The van der Waals surface area contributed by atoms with E-state index >= 15 is 0 Å². The van der Waals surface area contributed by atoms with Crippen LogP contribution in [0.3, 0.4) is 0 Å². The number of nitrogens with one attached hydrogen (secondary N) is 2. The topological polar surface area (TPSA) is 41.1 Å². The van der Waals surface area contributed by atoms with Crippen LogP contribution in [0.1, 0.15) is 32.6 Å². The lowest BCUT2D eigenvalue weighted by atomic mass is 9.90. The number of carbonyl (C=O) groups is 1. The molecular weight excluding hydrogens is 152 g/mol. The molecule has 0 aromatic heterocycles. The molecule has 0 unspecified atom stereocenters. The Kier molecular flexibility index (Phi) is 3.53. The van der Waals surface area contributed by atoms with E-state index in [1.807, 2.05) is 7.05 Å². The molecule has 3 nitrogen and oxygen atoms in total. The van der Waals surface area contributed by atoms with Crippen LogP contribution in [0.5, 0.6) is 0 Å². The van der Waals surface area contributed by atoms with E-state index < -0.39 is 0 Å². The molecule has 12 heavy (non-hydrogen) atoms. The van der Waals surface area contributed by atoms with Gasteiger partial charge in [-0.3, -0.25) is 4.79 Å². The first-order valence-electron chi connectivity index (χ1n) is 4.68. The van der Waals surface area contributed by atoms with Gasteiger partial charge in [-0.15, -0.1) is 0 Å². The van der Waals surface area contributed by atoms with Crippen molar-refractivity contribution in [3.63, 3.8) is 0 Å². The summed E-state index contributed by atoms with van der Waals surface area (Å²) in [5.41, 5.74) is 0. The number of hydrogen-bond donors (Lipinski definition) is 2. The molecule has 70 valence electrons. The van der Waals surface area contributed by atoms with Gasteiger partial charge in [-0.1, -0.05) is 12.8 Å². The lowest BCUT2D eigenvalue weighted by Crippen LogP contribution is -2.49. The van der Waals surface area contributed by atoms with Crippen LogP contribution in [0.15, 0.2) is 0 Å². The van der Waals surface area contributed by atoms with Crippen molar-refractivity contribution in [3.8, 4) is 0 Å². The predicted octanol–water partition coefficient (Wildman–Crippen LogP) is 0.653. The van der Waals surface area contributed by atoms with Crippen LogP contribution in [-0.2, 0) is 4.79 Å². The Balaban J connectivity index is 2.41. The Morgan fingerprint density at radius 3 is 2.33 bits per heavy atom. The van der Waals surface area contributed by atoms with Crippen LogP contribution in [-0.4, -0.2) is 25.0 Å². The number of rotatable bonds is 2. The molecule has 3 heteroatoms. The van der Waals surface area contributed by atoms with Crippen LogP contribution in [0, 0.1) is 0 Å². The van der Waals surface area contributed by atoms with E-state index in [0.717, 1.165) is 6.42 Å². The minimum Gasteiger partial charge on any atom is -0.352 e. The predicted molar refractivity (Wildman–Crippen MR) is 48.9 cm³/mol. The van der Waals surface area contributed by atoms with Gasteiger partial charge in [0.15, 0.2) is 0 Å². The minimum absolute atomic E-state index is 0.0853. The normalized spacial score (nSPS) is 29.8. The van der Waals surface area contributed by atoms with Gasteiger partial charge in [-0.25, -0.2) is 0 Å². The van der Waals surface area contributed by atoms with Gasteiger partial charge >= 0.3 is 0 Å². The fourth-order valence-electron chi connectivity index (χ4n) is 1.91. The lowest BCUT2D eigenvalue weighted by molar-refractivity contribution is -0.120. The first-order valence-corrected chi connectivity index (χ1v) is 4.68. The fourth-order valence-corrected chi connectivity index (χ4v) is 1.91. The summed E-state index contributed by atoms with van der Waals surface area (Å²) >= 11 is 0. The first kappa shape index (κ1) is 9.52. The smallest absolute Gasteiger partial charge is 0.217 e. The highest BCUT2D eigenvalue weighted by Gasteiger charge is 2.23. The Morgan fingerprint density at radius 1 is 1.25 bits per heavy atom. The van der Waals surface area contributed by atoms with Crippen molar-refractivity contribution in [1.82, 2.24) is 10.6 Å². The third-order valence-corrected chi connectivity index (χ3v) is 2.53. The van der Waals surface area contributed by atoms with Crippen molar-refractivity contribution < 1.29 is 4.79 Å². The molecule has 0 heterocycles. The van der Waals surface area contributed by atoms with Crippen LogP contribution in [0.4, 0.5) is 0 Å².